The van der Waals surface area contributed by atoms with Gasteiger partial charge in [-0.05, 0) is 30.6 Å². The number of esters is 1. The smallest absolute Gasteiger partial charge is 0.329 e. The van der Waals surface area contributed by atoms with Crippen molar-refractivity contribution in [1.82, 2.24) is 5.32 Å². The summed E-state index contributed by atoms with van der Waals surface area (Å²) in [6.07, 6.45) is 2.30. The van der Waals surface area contributed by atoms with Crippen LogP contribution in [0.4, 0.5) is 0 Å². The van der Waals surface area contributed by atoms with E-state index in [0.717, 1.165) is 0 Å². The van der Waals surface area contributed by atoms with E-state index in [1.54, 1.807) is 66.4 Å². The van der Waals surface area contributed by atoms with E-state index in [4.69, 9.17) is 9.47 Å². The molecule has 0 bridgehead atoms. The monoisotopic (exact) mass is 401 g/mol. The van der Waals surface area contributed by atoms with Gasteiger partial charge < -0.3 is 14.8 Å². The third-order valence-electron chi connectivity index (χ3n) is 3.99. The SMILES string of the molecule is COc1ccccc1C(=O)N[C@H](CCSC)C(=O)OCC(=O)c1ccccc1. The number of ketones is 1. The van der Waals surface area contributed by atoms with Crippen molar-refractivity contribution in [2.75, 3.05) is 25.7 Å². The van der Waals surface area contributed by atoms with Gasteiger partial charge >= 0.3 is 5.97 Å². The lowest BCUT2D eigenvalue weighted by Crippen LogP contribution is -2.42. The molecule has 0 radical (unpaired) electrons. The zero-order chi connectivity index (χ0) is 20.4. The molecule has 0 aliphatic rings. The van der Waals surface area contributed by atoms with E-state index in [2.05, 4.69) is 5.32 Å². The molecule has 0 unspecified atom stereocenters. The molecule has 0 heterocycles. The van der Waals surface area contributed by atoms with Gasteiger partial charge in [-0.3, -0.25) is 9.59 Å². The van der Waals surface area contributed by atoms with Crippen molar-refractivity contribution in [1.29, 1.82) is 0 Å². The van der Waals surface area contributed by atoms with Crippen molar-refractivity contribution in [2.24, 2.45) is 0 Å². The minimum Gasteiger partial charge on any atom is -0.496 e. The molecule has 2 rings (SSSR count). The molecule has 0 spiro atoms. The topological polar surface area (TPSA) is 81.7 Å². The van der Waals surface area contributed by atoms with E-state index in [9.17, 15) is 14.4 Å². The van der Waals surface area contributed by atoms with E-state index >= 15 is 0 Å². The average molecular weight is 401 g/mol. The first-order valence-electron chi connectivity index (χ1n) is 8.74. The highest BCUT2D eigenvalue weighted by molar-refractivity contribution is 7.98. The molecule has 6 nitrogen and oxygen atoms in total. The van der Waals surface area contributed by atoms with E-state index < -0.39 is 17.9 Å². The second-order valence-electron chi connectivity index (χ2n) is 5.90. The third kappa shape index (κ3) is 6.13. The lowest BCUT2D eigenvalue weighted by molar-refractivity contribution is -0.144. The number of benzene rings is 2. The molecule has 0 aliphatic heterocycles. The van der Waals surface area contributed by atoms with E-state index in [1.165, 1.54) is 7.11 Å². The summed E-state index contributed by atoms with van der Waals surface area (Å²) in [6.45, 7) is -0.372. The summed E-state index contributed by atoms with van der Waals surface area (Å²) in [5.41, 5.74) is 0.793. The first kappa shape index (κ1) is 21.5. The summed E-state index contributed by atoms with van der Waals surface area (Å²) in [5, 5.41) is 2.69. The number of hydrogen-bond acceptors (Lipinski definition) is 6. The second kappa shape index (κ2) is 11.1. The Balaban J connectivity index is 2.02. The maximum absolute atomic E-state index is 12.6. The van der Waals surface area contributed by atoms with Crippen molar-refractivity contribution in [3.8, 4) is 5.75 Å². The van der Waals surface area contributed by atoms with E-state index in [-0.39, 0.29) is 12.4 Å². The second-order valence-corrected chi connectivity index (χ2v) is 6.89. The molecule has 0 aliphatic carbocycles. The number of rotatable bonds is 10. The van der Waals surface area contributed by atoms with Crippen LogP contribution in [-0.2, 0) is 9.53 Å². The fourth-order valence-electron chi connectivity index (χ4n) is 2.50. The van der Waals surface area contributed by atoms with Gasteiger partial charge in [-0.1, -0.05) is 42.5 Å². The van der Waals surface area contributed by atoms with Crippen molar-refractivity contribution in [2.45, 2.75) is 12.5 Å². The average Bonchev–Trinajstić information content (AvgIpc) is 2.75. The minimum atomic E-state index is -0.853. The van der Waals surface area contributed by atoms with Gasteiger partial charge in [-0.25, -0.2) is 4.79 Å². The largest absolute Gasteiger partial charge is 0.496 e. The van der Waals surface area contributed by atoms with E-state index in [1.807, 2.05) is 6.26 Å². The van der Waals surface area contributed by atoms with Gasteiger partial charge in [0.15, 0.2) is 12.4 Å². The van der Waals surface area contributed by atoms with Crippen LogP contribution in [0.15, 0.2) is 54.6 Å². The highest BCUT2D eigenvalue weighted by Gasteiger charge is 2.24. The molecule has 0 fully saturated rings. The molecule has 0 saturated carbocycles. The van der Waals surface area contributed by atoms with Crippen LogP contribution in [0.1, 0.15) is 27.1 Å². The standard InChI is InChI=1S/C21H23NO5S/c1-26-19-11-7-6-10-16(19)20(24)22-17(12-13-28-2)21(25)27-14-18(23)15-8-4-3-5-9-15/h3-11,17H,12-14H2,1-2H3,(H,22,24)/t17-/m1/s1. The summed E-state index contributed by atoms with van der Waals surface area (Å²) in [6, 6.07) is 14.5. The molecular weight excluding hydrogens is 378 g/mol. The van der Waals surface area contributed by atoms with Crippen LogP contribution in [-0.4, -0.2) is 49.4 Å². The number of carbonyl (C=O) groups is 3. The lowest BCUT2D eigenvalue weighted by atomic mass is 10.1. The Morgan fingerprint density at radius 1 is 1.04 bits per heavy atom. The Hall–Kier alpha value is -2.80. The molecule has 2 aromatic rings. The molecule has 1 amide bonds. The number of methoxy groups -OCH3 is 1. The summed E-state index contributed by atoms with van der Waals surface area (Å²) < 4.78 is 10.4. The molecule has 2 aromatic carbocycles. The van der Waals surface area contributed by atoms with Crippen molar-refractivity contribution < 1.29 is 23.9 Å². The molecule has 1 N–H and O–H groups in total. The Bertz CT molecular complexity index is 809. The molecule has 0 saturated heterocycles. The number of carbonyl (C=O) groups excluding carboxylic acids is 3. The van der Waals surface area contributed by atoms with Gasteiger partial charge in [-0.2, -0.15) is 11.8 Å². The molecule has 7 heteroatoms. The zero-order valence-electron chi connectivity index (χ0n) is 15.8. The Labute approximate surface area is 168 Å². The summed E-state index contributed by atoms with van der Waals surface area (Å²) in [5.74, 6) is -0.306. The highest BCUT2D eigenvalue weighted by atomic mass is 32.2. The summed E-state index contributed by atoms with van der Waals surface area (Å²) in [7, 11) is 1.47. The molecule has 148 valence electrons. The maximum atomic E-state index is 12.6. The van der Waals surface area contributed by atoms with Gasteiger partial charge in [0.25, 0.3) is 5.91 Å². The molecule has 1 atom stereocenters. The first-order valence-corrected chi connectivity index (χ1v) is 10.1. The van der Waals surface area contributed by atoms with Gasteiger partial charge in [-0.15, -0.1) is 0 Å². The van der Waals surface area contributed by atoms with Crippen LogP contribution in [0.25, 0.3) is 0 Å². The number of nitrogens with one attached hydrogen (secondary N) is 1. The van der Waals surface area contributed by atoms with Crippen molar-refractivity contribution >= 4 is 29.4 Å². The van der Waals surface area contributed by atoms with Gasteiger partial charge in [0, 0.05) is 5.56 Å². The van der Waals surface area contributed by atoms with Gasteiger partial charge in [0.2, 0.25) is 0 Å². The lowest BCUT2D eigenvalue weighted by Gasteiger charge is -2.18. The quantitative estimate of drug-likeness (QED) is 0.487. The summed E-state index contributed by atoms with van der Waals surface area (Å²) in [4.78, 5) is 37.2. The first-order chi connectivity index (χ1) is 13.6. The number of amides is 1. The van der Waals surface area contributed by atoms with Gasteiger partial charge in [0.05, 0.1) is 12.7 Å². The van der Waals surface area contributed by atoms with Crippen molar-refractivity contribution in [3.05, 3.63) is 65.7 Å². The van der Waals surface area contributed by atoms with Crippen LogP contribution >= 0.6 is 11.8 Å². The number of para-hydroxylation sites is 1. The fraction of sp³-hybridized carbons (Fsp3) is 0.286. The Morgan fingerprint density at radius 2 is 1.71 bits per heavy atom. The predicted octanol–water partition coefficient (Wildman–Crippen LogP) is 2.97. The van der Waals surface area contributed by atoms with Crippen LogP contribution in [0, 0.1) is 0 Å². The normalized spacial score (nSPS) is 11.4. The minimum absolute atomic E-state index is 0.298. The maximum Gasteiger partial charge on any atom is 0.329 e. The molecule has 0 aromatic heterocycles. The van der Waals surface area contributed by atoms with Crippen LogP contribution in [0.2, 0.25) is 0 Å². The van der Waals surface area contributed by atoms with Crippen LogP contribution in [0.3, 0.4) is 0 Å². The zero-order valence-corrected chi connectivity index (χ0v) is 16.7. The van der Waals surface area contributed by atoms with Crippen LogP contribution < -0.4 is 10.1 Å². The Morgan fingerprint density at radius 3 is 2.39 bits per heavy atom. The van der Waals surface area contributed by atoms with E-state index in [0.29, 0.717) is 29.1 Å². The summed E-state index contributed by atoms with van der Waals surface area (Å²) >= 11 is 1.55. The predicted molar refractivity (Wildman–Crippen MR) is 109 cm³/mol. The third-order valence-corrected chi connectivity index (χ3v) is 4.64. The van der Waals surface area contributed by atoms with Gasteiger partial charge in [0.1, 0.15) is 11.8 Å². The van der Waals surface area contributed by atoms with Crippen molar-refractivity contribution in [3.63, 3.8) is 0 Å². The fourth-order valence-corrected chi connectivity index (χ4v) is 2.97. The molecular formula is C21H23NO5S. The number of ether oxygens (including phenoxy) is 2. The highest BCUT2D eigenvalue weighted by Crippen LogP contribution is 2.17. The number of Topliss-reactive ketones (excluding diaryl/α,β-unsaturated/α-hetero) is 1. The Kier molecular flexibility index (Phi) is 8.55. The van der Waals surface area contributed by atoms with Crippen LogP contribution in [0.5, 0.6) is 5.75 Å². The molecule has 28 heavy (non-hydrogen) atoms. The number of hydrogen-bond donors (Lipinski definition) is 1. The number of thioether (sulfide) groups is 1.